The number of hydrogen-bond acceptors (Lipinski definition) is 2. The van der Waals surface area contributed by atoms with Gasteiger partial charge in [0.05, 0.1) is 0 Å². The van der Waals surface area contributed by atoms with Crippen molar-refractivity contribution in [3.8, 4) is 0 Å². The first-order valence-electron chi connectivity index (χ1n) is 5.05. The highest BCUT2D eigenvalue weighted by molar-refractivity contribution is 7.98. The molecule has 2 aromatic rings. The van der Waals surface area contributed by atoms with Gasteiger partial charge in [-0.3, -0.25) is 0 Å². The number of rotatable bonds is 1. The standard InChI is InChI=1S/C12H16N2S/c1-12(2,3)9-7-8-5-6-13-10(8)14-11(9)15-4/h5-7H,1-4H3,(H,13,14). The minimum Gasteiger partial charge on any atom is -0.346 e. The minimum atomic E-state index is 0.150. The van der Waals surface area contributed by atoms with E-state index < -0.39 is 0 Å². The van der Waals surface area contributed by atoms with Crippen LogP contribution in [0.1, 0.15) is 26.3 Å². The summed E-state index contributed by atoms with van der Waals surface area (Å²) in [6.07, 6.45) is 4.01. The zero-order chi connectivity index (χ0) is 11.1. The molecule has 0 saturated carbocycles. The third-order valence-electron chi connectivity index (χ3n) is 2.50. The van der Waals surface area contributed by atoms with E-state index in [-0.39, 0.29) is 5.41 Å². The van der Waals surface area contributed by atoms with Crippen LogP contribution in [0.25, 0.3) is 11.0 Å². The second-order valence-electron chi connectivity index (χ2n) is 4.71. The fraction of sp³-hybridized carbons (Fsp3) is 0.417. The van der Waals surface area contributed by atoms with Gasteiger partial charge in [0.15, 0.2) is 0 Å². The first kappa shape index (κ1) is 10.6. The van der Waals surface area contributed by atoms with E-state index in [4.69, 9.17) is 0 Å². The van der Waals surface area contributed by atoms with Crippen LogP contribution in [0.5, 0.6) is 0 Å². The van der Waals surface area contributed by atoms with Crippen LogP contribution in [-0.4, -0.2) is 16.2 Å². The van der Waals surface area contributed by atoms with Crippen molar-refractivity contribution >= 4 is 22.8 Å². The average Bonchev–Trinajstić information content (AvgIpc) is 2.60. The predicted molar refractivity (Wildman–Crippen MR) is 66.6 cm³/mol. The monoisotopic (exact) mass is 220 g/mol. The first-order chi connectivity index (χ1) is 7.02. The van der Waals surface area contributed by atoms with Crippen LogP contribution < -0.4 is 0 Å². The van der Waals surface area contributed by atoms with E-state index in [0.29, 0.717) is 0 Å². The van der Waals surface area contributed by atoms with Crippen LogP contribution in [0.2, 0.25) is 0 Å². The Morgan fingerprint density at radius 2 is 2.07 bits per heavy atom. The number of fused-ring (bicyclic) bond motifs is 1. The number of hydrogen-bond donors (Lipinski definition) is 1. The number of nitrogens with one attached hydrogen (secondary N) is 1. The van der Waals surface area contributed by atoms with Gasteiger partial charge < -0.3 is 4.98 Å². The van der Waals surface area contributed by atoms with Crippen LogP contribution in [-0.2, 0) is 5.41 Å². The molecule has 2 nitrogen and oxygen atoms in total. The van der Waals surface area contributed by atoms with E-state index in [1.54, 1.807) is 11.8 Å². The van der Waals surface area contributed by atoms with E-state index in [1.165, 1.54) is 10.9 Å². The largest absolute Gasteiger partial charge is 0.346 e. The van der Waals surface area contributed by atoms with E-state index in [2.05, 4.69) is 49.1 Å². The maximum atomic E-state index is 4.63. The summed E-state index contributed by atoms with van der Waals surface area (Å²) < 4.78 is 0. The highest BCUT2D eigenvalue weighted by atomic mass is 32.2. The van der Waals surface area contributed by atoms with Crippen LogP contribution in [0.4, 0.5) is 0 Å². The van der Waals surface area contributed by atoms with Gasteiger partial charge in [-0.15, -0.1) is 11.8 Å². The maximum Gasteiger partial charge on any atom is 0.138 e. The maximum absolute atomic E-state index is 4.63. The second-order valence-corrected chi connectivity index (χ2v) is 5.51. The molecule has 0 amide bonds. The van der Waals surface area contributed by atoms with Crippen molar-refractivity contribution in [2.24, 2.45) is 0 Å². The van der Waals surface area contributed by atoms with Gasteiger partial charge in [-0.05, 0) is 29.4 Å². The highest BCUT2D eigenvalue weighted by Crippen LogP contribution is 2.32. The minimum absolute atomic E-state index is 0.150. The third-order valence-corrected chi connectivity index (χ3v) is 3.20. The van der Waals surface area contributed by atoms with Crippen molar-refractivity contribution in [1.82, 2.24) is 9.97 Å². The van der Waals surface area contributed by atoms with Gasteiger partial charge in [-0.2, -0.15) is 0 Å². The SMILES string of the molecule is CSc1nc2[nH]ccc2cc1C(C)(C)C. The molecule has 3 heteroatoms. The summed E-state index contributed by atoms with van der Waals surface area (Å²) in [5.41, 5.74) is 2.45. The smallest absolute Gasteiger partial charge is 0.138 e. The van der Waals surface area contributed by atoms with Gasteiger partial charge in [-0.25, -0.2) is 4.98 Å². The molecule has 0 radical (unpaired) electrons. The molecule has 0 aliphatic carbocycles. The number of aromatic amines is 1. The van der Waals surface area contributed by atoms with Gasteiger partial charge >= 0.3 is 0 Å². The Kier molecular flexibility index (Phi) is 2.51. The fourth-order valence-electron chi connectivity index (χ4n) is 1.66. The van der Waals surface area contributed by atoms with Crippen molar-refractivity contribution in [2.45, 2.75) is 31.2 Å². The average molecular weight is 220 g/mol. The van der Waals surface area contributed by atoms with Crippen LogP contribution in [0, 0.1) is 0 Å². The molecule has 15 heavy (non-hydrogen) atoms. The zero-order valence-electron chi connectivity index (χ0n) is 9.59. The summed E-state index contributed by atoms with van der Waals surface area (Å²) >= 11 is 1.71. The Labute approximate surface area is 94.5 Å². The normalized spacial score (nSPS) is 12.3. The molecule has 0 saturated heterocycles. The zero-order valence-corrected chi connectivity index (χ0v) is 10.4. The molecule has 0 aliphatic heterocycles. The summed E-state index contributed by atoms with van der Waals surface area (Å²) in [6.45, 7) is 6.67. The third kappa shape index (κ3) is 1.88. The van der Waals surface area contributed by atoms with E-state index in [9.17, 15) is 0 Å². The molecule has 0 spiro atoms. The molecular weight excluding hydrogens is 204 g/mol. The fourth-order valence-corrected chi connectivity index (χ4v) is 2.43. The Morgan fingerprint density at radius 3 is 2.67 bits per heavy atom. The van der Waals surface area contributed by atoms with Crippen molar-refractivity contribution in [3.63, 3.8) is 0 Å². The Hall–Kier alpha value is -0.960. The van der Waals surface area contributed by atoms with E-state index in [1.807, 2.05) is 6.20 Å². The number of thioether (sulfide) groups is 1. The summed E-state index contributed by atoms with van der Waals surface area (Å²) in [6, 6.07) is 4.31. The summed E-state index contributed by atoms with van der Waals surface area (Å²) in [4.78, 5) is 7.78. The topological polar surface area (TPSA) is 28.7 Å². The summed E-state index contributed by atoms with van der Waals surface area (Å²) in [5.74, 6) is 0. The van der Waals surface area contributed by atoms with Gasteiger partial charge in [0.2, 0.25) is 0 Å². The molecular formula is C12H16N2S. The summed E-state index contributed by atoms with van der Waals surface area (Å²) in [5, 5.41) is 2.31. The van der Waals surface area contributed by atoms with Crippen LogP contribution in [0.15, 0.2) is 23.4 Å². The van der Waals surface area contributed by atoms with Crippen LogP contribution in [0.3, 0.4) is 0 Å². The second kappa shape index (κ2) is 3.56. The molecule has 0 aromatic carbocycles. The van der Waals surface area contributed by atoms with Crippen molar-refractivity contribution in [1.29, 1.82) is 0 Å². The highest BCUT2D eigenvalue weighted by Gasteiger charge is 2.19. The van der Waals surface area contributed by atoms with Crippen LogP contribution >= 0.6 is 11.8 Å². The lowest BCUT2D eigenvalue weighted by Gasteiger charge is -2.21. The van der Waals surface area contributed by atoms with E-state index >= 15 is 0 Å². The lowest BCUT2D eigenvalue weighted by atomic mass is 9.88. The van der Waals surface area contributed by atoms with Gasteiger partial charge in [0.1, 0.15) is 10.7 Å². The Balaban J connectivity index is 2.70. The van der Waals surface area contributed by atoms with Gasteiger partial charge in [0, 0.05) is 11.6 Å². The summed E-state index contributed by atoms with van der Waals surface area (Å²) in [7, 11) is 0. The molecule has 0 aliphatic rings. The molecule has 1 N–H and O–H groups in total. The van der Waals surface area contributed by atoms with E-state index in [0.717, 1.165) is 10.7 Å². The lowest BCUT2D eigenvalue weighted by Crippen LogP contribution is -2.13. The first-order valence-corrected chi connectivity index (χ1v) is 6.27. The number of nitrogens with zero attached hydrogens (tertiary/aromatic N) is 1. The lowest BCUT2D eigenvalue weighted by molar-refractivity contribution is 0.573. The van der Waals surface area contributed by atoms with Gasteiger partial charge in [-0.1, -0.05) is 20.8 Å². The molecule has 80 valence electrons. The Morgan fingerprint density at radius 1 is 1.33 bits per heavy atom. The molecule has 2 rings (SSSR count). The van der Waals surface area contributed by atoms with Crippen molar-refractivity contribution in [3.05, 3.63) is 23.9 Å². The predicted octanol–water partition coefficient (Wildman–Crippen LogP) is 3.58. The van der Waals surface area contributed by atoms with Gasteiger partial charge in [0.25, 0.3) is 0 Å². The number of pyridine rings is 1. The van der Waals surface area contributed by atoms with Crippen molar-refractivity contribution < 1.29 is 0 Å². The molecule has 0 fully saturated rings. The molecule has 0 bridgehead atoms. The molecule has 0 unspecified atom stereocenters. The number of H-pyrrole nitrogens is 1. The Bertz CT molecular complexity index is 480. The molecule has 2 aromatic heterocycles. The quantitative estimate of drug-likeness (QED) is 0.744. The molecule has 0 atom stereocenters. The number of aromatic nitrogens is 2. The molecule has 2 heterocycles. The van der Waals surface area contributed by atoms with Crippen molar-refractivity contribution in [2.75, 3.05) is 6.26 Å².